The van der Waals surface area contributed by atoms with Crippen molar-refractivity contribution in [2.45, 2.75) is 37.8 Å². The number of nitrogens with one attached hydrogen (secondary N) is 2. The van der Waals surface area contributed by atoms with Crippen molar-refractivity contribution in [1.82, 2.24) is 15.3 Å². The topological polar surface area (TPSA) is 70.2 Å². The summed E-state index contributed by atoms with van der Waals surface area (Å²) < 4.78 is 13.5. The Labute approximate surface area is 163 Å². The number of benzene rings is 1. The molecule has 8 heteroatoms. The van der Waals surface area contributed by atoms with Crippen LogP contribution in [0.25, 0.3) is 0 Å². The first-order valence-corrected chi connectivity index (χ1v) is 9.33. The Morgan fingerprint density at radius 1 is 1.19 bits per heavy atom. The van der Waals surface area contributed by atoms with Gasteiger partial charge in [-0.1, -0.05) is 11.6 Å². The predicted molar refractivity (Wildman–Crippen MR) is 105 cm³/mol. The second-order valence-corrected chi connectivity index (χ2v) is 7.34. The Kier molecular flexibility index (Phi) is 6.11. The molecule has 2 N–H and O–H groups in total. The lowest BCUT2D eigenvalue weighted by molar-refractivity contribution is 0.0926. The molecule has 1 fully saturated rings. The summed E-state index contributed by atoms with van der Waals surface area (Å²) in [6.07, 6.45) is 5.21. The summed E-state index contributed by atoms with van der Waals surface area (Å²) in [5, 5.41) is 6.36. The van der Waals surface area contributed by atoms with Gasteiger partial charge in [-0.05, 0) is 49.9 Å². The van der Waals surface area contributed by atoms with E-state index in [0.717, 1.165) is 31.5 Å². The molecule has 0 aliphatic heterocycles. The lowest BCUT2D eigenvalue weighted by atomic mass is 9.91. The van der Waals surface area contributed by atoms with Crippen molar-refractivity contribution in [2.24, 2.45) is 0 Å². The van der Waals surface area contributed by atoms with E-state index in [-0.39, 0.29) is 28.6 Å². The second kappa shape index (κ2) is 8.52. The Morgan fingerprint density at radius 2 is 1.89 bits per heavy atom. The van der Waals surface area contributed by atoms with Crippen molar-refractivity contribution < 1.29 is 9.18 Å². The van der Waals surface area contributed by atoms with E-state index in [4.69, 9.17) is 11.6 Å². The summed E-state index contributed by atoms with van der Waals surface area (Å²) >= 11 is 5.66. The van der Waals surface area contributed by atoms with Gasteiger partial charge in [0.05, 0.1) is 5.02 Å². The van der Waals surface area contributed by atoms with E-state index in [1.54, 1.807) is 6.20 Å². The van der Waals surface area contributed by atoms with Gasteiger partial charge in [-0.2, -0.15) is 4.98 Å². The fourth-order valence-corrected chi connectivity index (χ4v) is 3.26. The maximum absolute atomic E-state index is 13.5. The number of aromatic nitrogens is 2. The first-order valence-electron chi connectivity index (χ1n) is 8.95. The molecule has 0 atom stereocenters. The molecule has 0 radical (unpaired) electrons. The van der Waals surface area contributed by atoms with Gasteiger partial charge >= 0.3 is 0 Å². The van der Waals surface area contributed by atoms with E-state index in [2.05, 4.69) is 20.6 Å². The number of anilines is 2. The largest absolute Gasteiger partial charge is 0.363 e. The summed E-state index contributed by atoms with van der Waals surface area (Å²) in [5.41, 5.74) is 0.283. The lowest BCUT2D eigenvalue weighted by Gasteiger charge is -2.29. The normalized spacial score (nSPS) is 19.4. The Balaban J connectivity index is 1.50. The lowest BCUT2D eigenvalue weighted by Crippen LogP contribution is -2.40. The molecule has 1 aromatic heterocycles. The van der Waals surface area contributed by atoms with Crippen molar-refractivity contribution in [3.8, 4) is 0 Å². The van der Waals surface area contributed by atoms with Crippen LogP contribution in [0.2, 0.25) is 5.02 Å². The molecule has 27 heavy (non-hydrogen) atoms. The molecule has 0 unspecified atom stereocenters. The maximum atomic E-state index is 13.5. The zero-order valence-corrected chi connectivity index (χ0v) is 16.1. The molecule has 1 saturated carbocycles. The number of carbonyl (C=O) groups is 1. The van der Waals surface area contributed by atoms with Crippen molar-refractivity contribution in [3.63, 3.8) is 0 Å². The van der Waals surface area contributed by atoms with Gasteiger partial charge in [0, 0.05) is 37.9 Å². The quantitative estimate of drug-likeness (QED) is 0.816. The van der Waals surface area contributed by atoms with Gasteiger partial charge in [-0.25, -0.2) is 9.37 Å². The van der Waals surface area contributed by atoms with Crippen molar-refractivity contribution in [3.05, 3.63) is 46.9 Å². The Hall–Kier alpha value is -2.41. The molecule has 144 valence electrons. The highest BCUT2D eigenvalue weighted by Crippen LogP contribution is 2.22. The fourth-order valence-electron chi connectivity index (χ4n) is 3.14. The summed E-state index contributed by atoms with van der Waals surface area (Å²) in [6, 6.07) is 6.29. The average Bonchev–Trinajstić information content (AvgIpc) is 2.65. The molecule has 0 spiro atoms. The van der Waals surface area contributed by atoms with Gasteiger partial charge in [0.2, 0.25) is 5.95 Å². The number of halogens is 2. The zero-order chi connectivity index (χ0) is 19.4. The van der Waals surface area contributed by atoms with E-state index in [1.807, 2.05) is 25.1 Å². The number of nitrogens with zero attached hydrogens (tertiary/aromatic N) is 3. The van der Waals surface area contributed by atoms with Gasteiger partial charge in [0.1, 0.15) is 11.6 Å². The molecule has 6 nitrogen and oxygen atoms in total. The number of hydrogen-bond acceptors (Lipinski definition) is 5. The summed E-state index contributed by atoms with van der Waals surface area (Å²) in [6.45, 7) is 0. The van der Waals surface area contributed by atoms with Crippen LogP contribution in [0.1, 0.15) is 36.0 Å². The minimum Gasteiger partial charge on any atom is -0.363 e. The number of rotatable bonds is 5. The highest BCUT2D eigenvalue weighted by Gasteiger charge is 2.23. The standard InChI is InChI=1S/C19H23ClFN5O/c1-26(2)17-9-10-22-19(25-17)24-14-6-4-13(5-7-14)23-18(27)12-3-8-15(20)16(21)11-12/h3,8-11,13-14H,4-7H2,1-2H3,(H,23,27)(H,22,24,25)/t13-,14+. The molecule has 0 saturated heterocycles. The molecule has 1 heterocycles. The van der Waals surface area contributed by atoms with Crippen molar-refractivity contribution >= 4 is 29.3 Å². The van der Waals surface area contributed by atoms with E-state index >= 15 is 0 Å². The van der Waals surface area contributed by atoms with Crippen molar-refractivity contribution in [2.75, 3.05) is 24.3 Å². The second-order valence-electron chi connectivity index (χ2n) is 6.93. The van der Waals surface area contributed by atoms with Crippen LogP contribution in [0.5, 0.6) is 0 Å². The molecule has 1 amide bonds. The minimum atomic E-state index is -0.586. The molecule has 1 aliphatic rings. The summed E-state index contributed by atoms with van der Waals surface area (Å²) in [7, 11) is 3.87. The van der Waals surface area contributed by atoms with E-state index in [1.165, 1.54) is 18.2 Å². The van der Waals surface area contributed by atoms with Gasteiger partial charge in [-0.15, -0.1) is 0 Å². The van der Waals surface area contributed by atoms with E-state index < -0.39 is 5.82 Å². The Morgan fingerprint density at radius 3 is 2.56 bits per heavy atom. The number of amides is 1. The highest BCUT2D eigenvalue weighted by molar-refractivity contribution is 6.30. The van der Waals surface area contributed by atoms with Crippen LogP contribution in [-0.2, 0) is 0 Å². The van der Waals surface area contributed by atoms with Crippen LogP contribution < -0.4 is 15.5 Å². The summed E-state index contributed by atoms with van der Waals surface area (Å²) in [4.78, 5) is 23.0. The first-order chi connectivity index (χ1) is 12.9. The fraction of sp³-hybridized carbons (Fsp3) is 0.421. The van der Waals surface area contributed by atoms with Gasteiger partial charge < -0.3 is 15.5 Å². The molecule has 0 bridgehead atoms. The third-order valence-electron chi connectivity index (χ3n) is 4.68. The van der Waals surface area contributed by atoms with Gasteiger partial charge in [0.15, 0.2) is 0 Å². The molecule has 1 aliphatic carbocycles. The third-order valence-corrected chi connectivity index (χ3v) is 4.98. The van der Waals surface area contributed by atoms with E-state index in [9.17, 15) is 9.18 Å². The van der Waals surface area contributed by atoms with Crippen LogP contribution in [0, 0.1) is 5.82 Å². The zero-order valence-electron chi connectivity index (χ0n) is 15.4. The maximum Gasteiger partial charge on any atom is 0.251 e. The summed E-state index contributed by atoms with van der Waals surface area (Å²) in [5.74, 6) is 0.607. The number of carbonyl (C=O) groups excluding carboxylic acids is 1. The molecular formula is C19H23ClFN5O. The number of hydrogen-bond donors (Lipinski definition) is 2. The predicted octanol–water partition coefficient (Wildman–Crippen LogP) is 3.49. The smallest absolute Gasteiger partial charge is 0.251 e. The molecule has 2 aromatic rings. The van der Waals surface area contributed by atoms with Crippen LogP contribution in [0.15, 0.2) is 30.5 Å². The van der Waals surface area contributed by atoms with Crippen molar-refractivity contribution in [1.29, 1.82) is 0 Å². The van der Waals surface area contributed by atoms with Gasteiger partial charge in [0.25, 0.3) is 5.91 Å². The van der Waals surface area contributed by atoms with Crippen LogP contribution in [0.3, 0.4) is 0 Å². The SMILES string of the molecule is CN(C)c1ccnc(N[C@H]2CC[C@@H](NC(=O)c3ccc(Cl)c(F)c3)CC2)n1. The van der Waals surface area contributed by atoms with Crippen LogP contribution in [-0.4, -0.2) is 42.1 Å². The molecular weight excluding hydrogens is 369 g/mol. The van der Waals surface area contributed by atoms with Crippen LogP contribution in [0.4, 0.5) is 16.2 Å². The third kappa shape index (κ3) is 5.07. The molecule has 1 aromatic carbocycles. The minimum absolute atomic E-state index is 0.0127. The first kappa shape index (κ1) is 19.4. The highest BCUT2D eigenvalue weighted by atomic mass is 35.5. The van der Waals surface area contributed by atoms with E-state index in [0.29, 0.717) is 5.95 Å². The van der Waals surface area contributed by atoms with Gasteiger partial charge in [-0.3, -0.25) is 4.79 Å². The average molecular weight is 392 g/mol. The molecule has 3 rings (SSSR count). The monoisotopic (exact) mass is 391 g/mol. The van der Waals surface area contributed by atoms with Crippen LogP contribution >= 0.6 is 11.6 Å². The Bertz CT molecular complexity index is 808.